The van der Waals surface area contributed by atoms with Gasteiger partial charge in [-0.3, -0.25) is 0 Å². The van der Waals surface area contributed by atoms with Crippen molar-refractivity contribution in [2.75, 3.05) is 6.54 Å². The first-order chi connectivity index (χ1) is 10.4. The molecule has 132 valence electrons. The number of halogens is 1. The van der Waals surface area contributed by atoms with Gasteiger partial charge in [-0.25, -0.2) is 4.79 Å². The Kier molecular flexibility index (Phi) is 10.1. The monoisotopic (exact) mass is 342 g/mol. The molecule has 0 heterocycles. The molecule has 0 bridgehead atoms. The van der Waals surface area contributed by atoms with Gasteiger partial charge in [0.15, 0.2) is 0 Å². The first-order valence-electron chi connectivity index (χ1n) is 8.18. The second-order valence-electron chi connectivity index (χ2n) is 6.39. The molecule has 1 aromatic carbocycles. The van der Waals surface area contributed by atoms with E-state index in [1.807, 2.05) is 18.2 Å². The highest BCUT2D eigenvalue weighted by atomic mass is 35.5. The summed E-state index contributed by atoms with van der Waals surface area (Å²) in [5, 5.41) is 0. The maximum Gasteiger partial charge on any atom is 0.328 e. The standard InChI is InChI=1S/C18H30N2O2.ClH/c1-12(2)14-8-7-9-15(13(3)4)17(14)22-18(21)16(20)10-5-6-11-19;/h7-9,12-13,16H,5-6,10-11,19-20H2,1-4H3;1H. The molecule has 1 aromatic rings. The number of esters is 1. The van der Waals surface area contributed by atoms with Gasteiger partial charge in [-0.15, -0.1) is 12.4 Å². The van der Waals surface area contributed by atoms with E-state index in [0.717, 1.165) is 24.0 Å². The highest BCUT2D eigenvalue weighted by molar-refractivity contribution is 5.85. The smallest absolute Gasteiger partial charge is 0.328 e. The van der Waals surface area contributed by atoms with Crippen LogP contribution in [0.3, 0.4) is 0 Å². The molecule has 1 unspecified atom stereocenters. The van der Waals surface area contributed by atoms with Crippen molar-refractivity contribution in [3.05, 3.63) is 29.3 Å². The van der Waals surface area contributed by atoms with E-state index >= 15 is 0 Å². The van der Waals surface area contributed by atoms with E-state index < -0.39 is 6.04 Å². The summed E-state index contributed by atoms with van der Waals surface area (Å²) in [7, 11) is 0. The average Bonchev–Trinajstić information content (AvgIpc) is 2.46. The van der Waals surface area contributed by atoms with Crippen molar-refractivity contribution in [1.82, 2.24) is 0 Å². The highest BCUT2D eigenvalue weighted by Crippen LogP contribution is 2.34. The third-order valence-corrected chi connectivity index (χ3v) is 3.79. The Labute approximate surface area is 146 Å². The van der Waals surface area contributed by atoms with Gasteiger partial charge in [0, 0.05) is 0 Å². The molecule has 0 saturated heterocycles. The summed E-state index contributed by atoms with van der Waals surface area (Å²) < 4.78 is 5.70. The molecule has 1 atom stereocenters. The van der Waals surface area contributed by atoms with Crippen molar-refractivity contribution in [3.63, 3.8) is 0 Å². The zero-order chi connectivity index (χ0) is 16.7. The van der Waals surface area contributed by atoms with Gasteiger partial charge in [-0.2, -0.15) is 0 Å². The number of ether oxygens (including phenoxy) is 1. The van der Waals surface area contributed by atoms with E-state index in [9.17, 15) is 4.79 Å². The van der Waals surface area contributed by atoms with E-state index in [4.69, 9.17) is 16.2 Å². The second-order valence-corrected chi connectivity index (χ2v) is 6.39. The Morgan fingerprint density at radius 3 is 2.04 bits per heavy atom. The molecule has 0 aliphatic heterocycles. The van der Waals surface area contributed by atoms with Crippen LogP contribution in [0.15, 0.2) is 18.2 Å². The molecule has 0 amide bonds. The lowest BCUT2D eigenvalue weighted by molar-refractivity contribution is -0.136. The lowest BCUT2D eigenvalue weighted by Crippen LogP contribution is -2.34. The zero-order valence-electron chi connectivity index (χ0n) is 14.7. The largest absolute Gasteiger partial charge is 0.425 e. The number of carbonyl (C=O) groups excluding carboxylic acids is 1. The van der Waals surface area contributed by atoms with Crippen LogP contribution in [0.5, 0.6) is 5.75 Å². The fraction of sp³-hybridized carbons (Fsp3) is 0.611. The van der Waals surface area contributed by atoms with Gasteiger partial charge < -0.3 is 16.2 Å². The van der Waals surface area contributed by atoms with E-state index in [0.29, 0.717) is 18.7 Å². The summed E-state index contributed by atoms with van der Waals surface area (Å²) in [6.45, 7) is 9.00. The van der Waals surface area contributed by atoms with Gasteiger partial charge in [0.2, 0.25) is 0 Å². The predicted octanol–water partition coefficient (Wildman–Crippen LogP) is 3.72. The first kappa shape index (κ1) is 21.9. The summed E-state index contributed by atoms with van der Waals surface area (Å²) in [5.74, 6) is 0.906. The van der Waals surface area contributed by atoms with Gasteiger partial charge >= 0.3 is 5.97 Å². The van der Waals surface area contributed by atoms with Gasteiger partial charge in [0.05, 0.1) is 0 Å². The lowest BCUT2D eigenvalue weighted by Gasteiger charge is -2.20. The van der Waals surface area contributed by atoms with Crippen LogP contribution in [0.1, 0.15) is 69.9 Å². The lowest BCUT2D eigenvalue weighted by atomic mass is 9.94. The molecule has 0 spiro atoms. The van der Waals surface area contributed by atoms with E-state index in [-0.39, 0.29) is 30.2 Å². The number of benzene rings is 1. The number of rotatable bonds is 8. The summed E-state index contributed by atoms with van der Waals surface area (Å²) >= 11 is 0. The van der Waals surface area contributed by atoms with Crippen molar-refractivity contribution in [3.8, 4) is 5.75 Å². The number of nitrogens with two attached hydrogens (primary N) is 2. The quantitative estimate of drug-likeness (QED) is 0.429. The van der Waals surface area contributed by atoms with Crippen molar-refractivity contribution < 1.29 is 9.53 Å². The Hall–Kier alpha value is -1.10. The first-order valence-corrected chi connectivity index (χ1v) is 8.18. The van der Waals surface area contributed by atoms with Crippen LogP contribution in [0, 0.1) is 0 Å². The summed E-state index contributed by atoms with van der Waals surface area (Å²) in [6.07, 6.45) is 2.33. The van der Waals surface area contributed by atoms with Crippen molar-refractivity contribution in [1.29, 1.82) is 0 Å². The Morgan fingerprint density at radius 1 is 1.09 bits per heavy atom. The molecule has 4 N–H and O–H groups in total. The van der Waals surface area contributed by atoms with Gasteiger partial charge in [-0.1, -0.05) is 52.3 Å². The summed E-state index contributed by atoms with van der Waals surface area (Å²) in [6, 6.07) is 5.45. The molecule has 4 nitrogen and oxygen atoms in total. The number of para-hydroxylation sites is 1. The van der Waals surface area contributed by atoms with Crippen LogP contribution in [0.2, 0.25) is 0 Å². The maximum atomic E-state index is 12.3. The van der Waals surface area contributed by atoms with Crippen LogP contribution >= 0.6 is 12.4 Å². The minimum atomic E-state index is -0.591. The van der Waals surface area contributed by atoms with Crippen molar-refractivity contribution in [2.45, 2.75) is 64.8 Å². The molecule has 1 rings (SSSR count). The number of hydrogen-bond acceptors (Lipinski definition) is 4. The molecular formula is C18H31ClN2O2. The number of carbonyl (C=O) groups is 1. The molecule has 0 aliphatic carbocycles. The third-order valence-electron chi connectivity index (χ3n) is 3.79. The fourth-order valence-corrected chi connectivity index (χ4v) is 2.40. The van der Waals surface area contributed by atoms with Gasteiger partial charge in [0.25, 0.3) is 0 Å². The Bertz CT molecular complexity index is 464. The molecule has 0 radical (unpaired) electrons. The predicted molar refractivity (Wildman–Crippen MR) is 98.4 cm³/mol. The molecule has 5 heteroatoms. The normalized spacial score (nSPS) is 12.2. The Morgan fingerprint density at radius 2 is 1.61 bits per heavy atom. The van der Waals surface area contributed by atoms with E-state index in [1.54, 1.807) is 0 Å². The van der Waals surface area contributed by atoms with Crippen LogP contribution in [0.25, 0.3) is 0 Å². The van der Waals surface area contributed by atoms with E-state index in [1.165, 1.54) is 0 Å². The van der Waals surface area contributed by atoms with Crippen LogP contribution < -0.4 is 16.2 Å². The molecule has 0 aromatic heterocycles. The average molecular weight is 343 g/mol. The number of hydrogen-bond donors (Lipinski definition) is 2. The molecular weight excluding hydrogens is 312 g/mol. The highest BCUT2D eigenvalue weighted by Gasteiger charge is 2.21. The van der Waals surface area contributed by atoms with Crippen molar-refractivity contribution >= 4 is 18.4 Å². The van der Waals surface area contributed by atoms with Crippen molar-refractivity contribution in [2.24, 2.45) is 11.5 Å². The Balaban J connectivity index is 0.00000484. The zero-order valence-corrected chi connectivity index (χ0v) is 15.5. The third kappa shape index (κ3) is 6.50. The second kappa shape index (κ2) is 10.6. The molecule has 23 heavy (non-hydrogen) atoms. The summed E-state index contributed by atoms with van der Waals surface area (Å²) in [5.41, 5.74) is 13.5. The molecule has 0 aliphatic rings. The minimum Gasteiger partial charge on any atom is -0.425 e. The van der Waals surface area contributed by atoms with E-state index in [2.05, 4.69) is 27.7 Å². The minimum absolute atomic E-state index is 0. The van der Waals surface area contributed by atoms with Gasteiger partial charge in [-0.05, 0) is 42.3 Å². The van der Waals surface area contributed by atoms with Gasteiger partial charge in [0.1, 0.15) is 11.8 Å². The number of unbranched alkanes of at least 4 members (excludes halogenated alkanes) is 1. The molecule has 0 saturated carbocycles. The van der Waals surface area contributed by atoms with Crippen LogP contribution in [0.4, 0.5) is 0 Å². The summed E-state index contributed by atoms with van der Waals surface area (Å²) in [4.78, 5) is 12.3. The SMILES string of the molecule is CC(C)c1cccc(C(C)C)c1OC(=O)C(N)CCCCN.Cl. The topological polar surface area (TPSA) is 78.3 Å². The van der Waals surface area contributed by atoms with Crippen LogP contribution in [-0.2, 0) is 4.79 Å². The fourth-order valence-electron chi connectivity index (χ4n) is 2.40. The van der Waals surface area contributed by atoms with Crippen LogP contribution in [-0.4, -0.2) is 18.6 Å². The molecule has 0 fully saturated rings. The maximum absolute atomic E-state index is 12.3.